The number of nitrogens with zero attached hydrogens (tertiary/aromatic N) is 2. The van der Waals surface area contributed by atoms with Gasteiger partial charge in [0.1, 0.15) is 0 Å². The number of aryl methyl sites for hydroxylation is 1. The van der Waals surface area contributed by atoms with Crippen molar-refractivity contribution in [3.63, 3.8) is 0 Å². The Morgan fingerprint density at radius 3 is 2.04 bits per heavy atom. The minimum atomic E-state index is -0.0745. The van der Waals surface area contributed by atoms with Gasteiger partial charge in [-0.05, 0) is 105 Å². The first-order valence-electron chi connectivity index (χ1n) is 20.1. The molecule has 0 bridgehead atoms. The summed E-state index contributed by atoms with van der Waals surface area (Å²) in [5, 5.41) is 0. The summed E-state index contributed by atoms with van der Waals surface area (Å²) < 4.78 is 1.18. The third-order valence-electron chi connectivity index (χ3n) is 12.7. The maximum atomic E-state index is 5.20. The maximum absolute atomic E-state index is 5.20. The molecule has 4 aliphatic rings. The zero-order valence-corrected chi connectivity index (χ0v) is 32.6. The highest BCUT2D eigenvalue weighted by atomic mass is 32.1. The van der Waals surface area contributed by atoms with E-state index in [4.69, 9.17) is 9.97 Å². The van der Waals surface area contributed by atoms with Crippen molar-refractivity contribution in [3.05, 3.63) is 184 Å². The first kappa shape index (κ1) is 33.4. The van der Waals surface area contributed by atoms with Crippen molar-refractivity contribution in [1.82, 2.24) is 9.97 Å². The number of allylic oxidation sites excluding steroid dienone is 7. The summed E-state index contributed by atoms with van der Waals surface area (Å²) in [6.45, 7) is 4.85. The molecule has 2 nitrogen and oxygen atoms in total. The van der Waals surface area contributed by atoms with Crippen LogP contribution < -0.4 is 0 Å². The third kappa shape index (κ3) is 5.36. The van der Waals surface area contributed by atoms with Gasteiger partial charge in [0.2, 0.25) is 0 Å². The quantitative estimate of drug-likeness (QED) is 0.164. The molecule has 0 radical (unpaired) electrons. The van der Waals surface area contributed by atoms with Crippen LogP contribution >= 0.6 is 11.3 Å². The summed E-state index contributed by atoms with van der Waals surface area (Å²) in [5.41, 5.74) is 19.2. The minimum Gasteiger partial charge on any atom is -0.227 e. The molecular formula is C53H42N2S. The van der Waals surface area contributed by atoms with Crippen molar-refractivity contribution in [2.75, 3.05) is 0 Å². The average molecular weight is 739 g/mol. The van der Waals surface area contributed by atoms with Crippen LogP contribution in [0.15, 0.2) is 157 Å². The van der Waals surface area contributed by atoms with Crippen LogP contribution in [0.25, 0.3) is 72.3 Å². The average Bonchev–Trinajstić information content (AvgIpc) is 3.74. The lowest BCUT2D eigenvalue weighted by Gasteiger charge is -2.36. The van der Waals surface area contributed by atoms with Crippen molar-refractivity contribution >= 4 is 38.8 Å². The van der Waals surface area contributed by atoms with Crippen LogP contribution in [-0.4, -0.2) is 9.97 Å². The van der Waals surface area contributed by atoms with Crippen LogP contribution in [0.1, 0.15) is 60.2 Å². The van der Waals surface area contributed by atoms with E-state index in [9.17, 15) is 0 Å². The predicted molar refractivity (Wildman–Crippen MR) is 236 cm³/mol. The van der Waals surface area contributed by atoms with E-state index < -0.39 is 0 Å². The lowest BCUT2D eigenvalue weighted by atomic mass is 9.67. The van der Waals surface area contributed by atoms with Crippen molar-refractivity contribution in [1.29, 1.82) is 0 Å². The fraction of sp³-hybridized carbons (Fsp3) is 0.170. The third-order valence-corrected chi connectivity index (χ3v) is 13.9. The molecule has 2 heterocycles. The molecule has 56 heavy (non-hydrogen) atoms. The number of fused-ring (bicyclic) bond motifs is 7. The molecule has 0 amide bonds. The zero-order valence-electron chi connectivity index (χ0n) is 31.8. The summed E-state index contributed by atoms with van der Waals surface area (Å²) in [6.07, 6.45) is 16.4. The van der Waals surface area contributed by atoms with Crippen molar-refractivity contribution < 1.29 is 0 Å². The van der Waals surface area contributed by atoms with Gasteiger partial charge in [0.15, 0.2) is 5.82 Å². The van der Waals surface area contributed by atoms with Gasteiger partial charge < -0.3 is 0 Å². The highest BCUT2D eigenvalue weighted by molar-refractivity contribution is 7.20. The maximum Gasteiger partial charge on any atom is 0.160 e. The Hall–Kier alpha value is -5.90. The number of hydrogen-bond acceptors (Lipinski definition) is 3. The highest BCUT2D eigenvalue weighted by Crippen LogP contribution is 2.59. The minimum absolute atomic E-state index is 0.0745. The van der Waals surface area contributed by atoms with Crippen LogP contribution in [0.4, 0.5) is 0 Å². The second-order valence-corrected chi connectivity index (χ2v) is 17.3. The van der Waals surface area contributed by atoms with E-state index in [1.807, 2.05) is 17.4 Å². The van der Waals surface area contributed by atoms with E-state index >= 15 is 0 Å². The van der Waals surface area contributed by atoms with E-state index in [0.717, 1.165) is 47.4 Å². The van der Waals surface area contributed by atoms with Gasteiger partial charge in [-0.2, -0.15) is 0 Å². The van der Waals surface area contributed by atoms with Gasteiger partial charge >= 0.3 is 0 Å². The van der Waals surface area contributed by atoms with Crippen LogP contribution in [0.5, 0.6) is 0 Å². The van der Waals surface area contributed by atoms with Gasteiger partial charge in [0.05, 0.1) is 15.9 Å². The van der Waals surface area contributed by atoms with E-state index in [2.05, 4.69) is 166 Å². The van der Waals surface area contributed by atoms with E-state index in [1.165, 1.54) is 71.7 Å². The molecule has 7 aromatic rings. The summed E-state index contributed by atoms with van der Waals surface area (Å²) in [6, 6.07) is 46.8. The van der Waals surface area contributed by atoms with E-state index in [-0.39, 0.29) is 5.41 Å². The normalized spacial score (nSPS) is 19.0. The Bertz CT molecular complexity index is 2800. The molecule has 2 unspecified atom stereocenters. The van der Waals surface area contributed by atoms with Gasteiger partial charge in [-0.1, -0.05) is 159 Å². The topological polar surface area (TPSA) is 25.8 Å². The number of aromatic nitrogens is 2. The van der Waals surface area contributed by atoms with Gasteiger partial charge in [0.25, 0.3) is 0 Å². The molecular weight excluding hydrogens is 697 g/mol. The van der Waals surface area contributed by atoms with Gasteiger partial charge in [-0.25, -0.2) is 9.97 Å². The Morgan fingerprint density at radius 2 is 1.30 bits per heavy atom. The summed E-state index contributed by atoms with van der Waals surface area (Å²) in [4.78, 5) is 11.6. The number of thiophene rings is 1. The fourth-order valence-corrected chi connectivity index (χ4v) is 11.0. The van der Waals surface area contributed by atoms with Crippen molar-refractivity contribution in [3.8, 4) is 44.9 Å². The smallest absolute Gasteiger partial charge is 0.160 e. The number of benzene rings is 5. The Morgan fingerprint density at radius 1 is 0.643 bits per heavy atom. The Kier molecular flexibility index (Phi) is 7.83. The molecule has 0 N–H and O–H groups in total. The summed E-state index contributed by atoms with van der Waals surface area (Å²) in [7, 11) is 0. The Labute approximate surface area is 333 Å². The van der Waals surface area contributed by atoms with Crippen LogP contribution in [-0.2, 0) is 11.8 Å². The standard InChI is InChI=1S/C53H42N2S/c1-53(2)44-31-39(29-30-42(44)48-45(53)32-40-17-9-10-18-41(40)47(48)36-13-5-3-6-14-36)35-23-21-33(22-24-35)34-25-27-37(28-26-34)49-51-50(43-19-11-12-20-46(43)56-51)55-52(54-49)38-15-7-4-8-16-38/h3-9,12-17,20-32,40-41H,10-11,18-19H2,1-2H3. The second-order valence-electron chi connectivity index (χ2n) is 16.3. The molecule has 3 heteroatoms. The molecule has 270 valence electrons. The first-order valence-corrected chi connectivity index (χ1v) is 20.9. The second kappa shape index (κ2) is 13.1. The molecule has 2 aromatic heterocycles. The highest BCUT2D eigenvalue weighted by Gasteiger charge is 2.44. The molecule has 5 aromatic carbocycles. The lowest BCUT2D eigenvalue weighted by Crippen LogP contribution is -2.24. The summed E-state index contributed by atoms with van der Waals surface area (Å²) >= 11 is 1.82. The molecule has 0 saturated heterocycles. The molecule has 11 rings (SSSR count). The van der Waals surface area contributed by atoms with E-state index in [0.29, 0.717) is 11.8 Å². The van der Waals surface area contributed by atoms with Gasteiger partial charge in [-0.15, -0.1) is 11.3 Å². The molecule has 0 fully saturated rings. The fourth-order valence-electron chi connectivity index (χ4n) is 9.78. The van der Waals surface area contributed by atoms with Crippen molar-refractivity contribution in [2.45, 2.75) is 44.9 Å². The number of hydrogen-bond donors (Lipinski definition) is 0. The molecule has 0 aliphatic heterocycles. The number of rotatable bonds is 5. The molecule has 0 saturated carbocycles. The molecule has 4 aliphatic carbocycles. The lowest BCUT2D eigenvalue weighted by molar-refractivity contribution is 0.499. The first-order chi connectivity index (χ1) is 27.5. The predicted octanol–water partition coefficient (Wildman–Crippen LogP) is 14.0. The van der Waals surface area contributed by atoms with Gasteiger partial charge in [-0.3, -0.25) is 0 Å². The zero-order chi connectivity index (χ0) is 37.4. The SMILES string of the molecule is CC1(C)C2=CC3C=CCCC3C(c3ccccc3)=C2c2ccc(-c3ccc(-c4ccc(-c5nc(-c6ccccc6)nc6c7c(sc56)C=CCC7)cc4)cc3)cc21. The molecule has 0 spiro atoms. The van der Waals surface area contributed by atoms with Crippen molar-refractivity contribution in [2.24, 2.45) is 11.8 Å². The Balaban J connectivity index is 0.929. The monoisotopic (exact) mass is 738 g/mol. The van der Waals surface area contributed by atoms with Crippen LogP contribution in [0.3, 0.4) is 0 Å². The van der Waals surface area contributed by atoms with Gasteiger partial charge in [0, 0.05) is 27.3 Å². The molecule has 2 atom stereocenters. The largest absolute Gasteiger partial charge is 0.227 e. The summed E-state index contributed by atoms with van der Waals surface area (Å²) in [5.74, 6) is 1.77. The van der Waals surface area contributed by atoms with E-state index in [1.54, 1.807) is 5.57 Å². The van der Waals surface area contributed by atoms with Crippen LogP contribution in [0.2, 0.25) is 0 Å². The van der Waals surface area contributed by atoms with Crippen LogP contribution in [0, 0.1) is 11.8 Å².